The van der Waals surface area contributed by atoms with Gasteiger partial charge in [0.05, 0.1) is 6.10 Å². The van der Waals surface area contributed by atoms with Crippen LogP contribution in [0.2, 0.25) is 0 Å². The Morgan fingerprint density at radius 2 is 2.35 bits per heavy atom. The standard InChI is InChI=1S/C12H19N3O2/c1-8-6-12(4-5-17-8)10(13)14-11(16)15(12)7-9-2-3-9/h8-9H,2-7H2,1H3,(H2,13,14,16). The molecule has 2 heterocycles. The van der Waals surface area contributed by atoms with Crippen LogP contribution in [-0.2, 0) is 4.74 Å². The molecule has 2 fully saturated rings. The highest BCUT2D eigenvalue weighted by atomic mass is 16.5. The highest BCUT2D eigenvalue weighted by molar-refractivity contribution is 6.05. The molecule has 3 aliphatic rings. The second-order valence-corrected chi connectivity index (χ2v) is 5.50. The molecule has 2 amide bonds. The molecular formula is C12H19N3O2. The Balaban J connectivity index is 1.86. The first-order valence-electron chi connectivity index (χ1n) is 6.40. The van der Waals surface area contributed by atoms with E-state index in [4.69, 9.17) is 10.5 Å². The van der Waals surface area contributed by atoms with Crippen molar-refractivity contribution in [3.63, 3.8) is 0 Å². The SMILES string of the molecule is CC1CC2(CCO1)C(N)=NC(=O)N2CC1CC1. The molecule has 2 N–H and O–H groups in total. The van der Waals surface area contributed by atoms with Crippen LogP contribution in [0.4, 0.5) is 4.79 Å². The van der Waals surface area contributed by atoms with Crippen LogP contribution in [0.3, 0.4) is 0 Å². The van der Waals surface area contributed by atoms with Gasteiger partial charge < -0.3 is 15.4 Å². The van der Waals surface area contributed by atoms with Gasteiger partial charge in [-0.2, -0.15) is 4.99 Å². The van der Waals surface area contributed by atoms with Crippen LogP contribution in [-0.4, -0.2) is 41.6 Å². The molecule has 2 atom stereocenters. The molecule has 94 valence electrons. The van der Waals surface area contributed by atoms with Gasteiger partial charge in [0.2, 0.25) is 0 Å². The summed E-state index contributed by atoms with van der Waals surface area (Å²) in [6.07, 6.45) is 4.16. The molecule has 5 nitrogen and oxygen atoms in total. The number of nitrogens with two attached hydrogens (primary N) is 1. The summed E-state index contributed by atoms with van der Waals surface area (Å²) in [6, 6.07) is -0.150. The molecule has 1 spiro atoms. The lowest BCUT2D eigenvalue weighted by atomic mass is 9.84. The van der Waals surface area contributed by atoms with Crippen molar-refractivity contribution in [2.75, 3.05) is 13.2 Å². The van der Waals surface area contributed by atoms with Crippen LogP contribution < -0.4 is 5.73 Å². The van der Waals surface area contributed by atoms with E-state index in [1.807, 2.05) is 11.8 Å². The number of amidine groups is 1. The van der Waals surface area contributed by atoms with Crippen molar-refractivity contribution in [3.8, 4) is 0 Å². The number of urea groups is 1. The summed E-state index contributed by atoms with van der Waals surface area (Å²) < 4.78 is 5.57. The summed E-state index contributed by atoms with van der Waals surface area (Å²) in [5.74, 6) is 1.16. The lowest BCUT2D eigenvalue weighted by Crippen LogP contribution is -2.58. The van der Waals surface area contributed by atoms with Crippen molar-refractivity contribution < 1.29 is 9.53 Å². The third-order valence-electron chi connectivity index (χ3n) is 4.12. The van der Waals surface area contributed by atoms with E-state index in [9.17, 15) is 4.79 Å². The largest absolute Gasteiger partial charge is 0.385 e. The minimum absolute atomic E-state index is 0.144. The summed E-state index contributed by atoms with van der Waals surface area (Å²) in [4.78, 5) is 17.8. The topological polar surface area (TPSA) is 67.9 Å². The van der Waals surface area contributed by atoms with Gasteiger partial charge in [0, 0.05) is 26.0 Å². The minimum atomic E-state index is -0.350. The van der Waals surface area contributed by atoms with Crippen molar-refractivity contribution in [1.82, 2.24) is 4.90 Å². The summed E-state index contributed by atoms with van der Waals surface area (Å²) in [5, 5.41) is 0. The van der Waals surface area contributed by atoms with Gasteiger partial charge in [0.15, 0.2) is 0 Å². The van der Waals surface area contributed by atoms with Gasteiger partial charge in [0.25, 0.3) is 0 Å². The molecule has 0 aromatic carbocycles. The Bertz CT molecular complexity index is 378. The Morgan fingerprint density at radius 3 is 3.00 bits per heavy atom. The third-order valence-corrected chi connectivity index (χ3v) is 4.12. The molecule has 0 aromatic rings. The lowest BCUT2D eigenvalue weighted by Gasteiger charge is -2.43. The average Bonchev–Trinajstić information content (AvgIpc) is 3.05. The van der Waals surface area contributed by atoms with Crippen LogP contribution in [0.15, 0.2) is 4.99 Å². The van der Waals surface area contributed by atoms with Gasteiger partial charge in [-0.1, -0.05) is 0 Å². The molecule has 3 rings (SSSR count). The third kappa shape index (κ3) is 1.73. The molecule has 1 saturated heterocycles. The number of aliphatic imine (C=N–C) groups is 1. The van der Waals surface area contributed by atoms with Gasteiger partial charge in [-0.05, 0) is 25.7 Å². The van der Waals surface area contributed by atoms with Crippen LogP contribution in [0.25, 0.3) is 0 Å². The van der Waals surface area contributed by atoms with Gasteiger partial charge in [-0.25, -0.2) is 4.79 Å². The number of ether oxygens (including phenoxy) is 1. The summed E-state index contributed by atoms with van der Waals surface area (Å²) in [5.41, 5.74) is 5.67. The first-order chi connectivity index (χ1) is 8.12. The van der Waals surface area contributed by atoms with Crippen molar-refractivity contribution in [2.45, 2.75) is 44.2 Å². The Labute approximate surface area is 101 Å². The van der Waals surface area contributed by atoms with Crippen molar-refractivity contribution in [2.24, 2.45) is 16.6 Å². The number of amides is 2. The molecular weight excluding hydrogens is 218 g/mol. The molecule has 1 saturated carbocycles. The number of hydrogen-bond acceptors (Lipinski definition) is 3. The molecule has 0 radical (unpaired) electrons. The van der Waals surface area contributed by atoms with E-state index >= 15 is 0 Å². The first-order valence-corrected chi connectivity index (χ1v) is 6.40. The van der Waals surface area contributed by atoms with Gasteiger partial charge in [-0.15, -0.1) is 0 Å². The Morgan fingerprint density at radius 1 is 1.59 bits per heavy atom. The highest BCUT2D eigenvalue weighted by Crippen LogP contribution is 2.39. The van der Waals surface area contributed by atoms with Crippen LogP contribution in [0.5, 0.6) is 0 Å². The highest BCUT2D eigenvalue weighted by Gasteiger charge is 2.51. The first kappa shape index (κ1) is 11.0. The molecule has 2 unspecified atom stereocenters. The number of nitrogens with zero attached hydrogens (tertiary/aromatic N) is 2. The Hall–Kier alpha value is -1.10. The smallest absolute Gasteiger partial charge is 0.346 e. The van der Waals surface area contributed by atoms with E-state index < -0.39 is 0 Å². The maximum absolute atomic E-state index is 11.9. The van der Waals surface area contributed by atoms with E-state index in [1.54, 1.807) is 0 Å². The lowest BCUT2D eigenvalue weighted by molar-refractivity contribution is -0.0245. The summed E-state index contributed by atoms with van der Waals surface area (Å²) in [7, 11) is 0. The molecule has 0 aromatic heterocycles. The molecule has 1 aliphatic carbocycles. The van der Waals surface area contributed by atoms with E-state index in [1.165, 1.54) is 12.8 Å². The monoisotopic (exact) mass is 237 g/mol. The van der Waals surface area contributed by atoms with Crippen LogP contribution in [0, 0.1) is 5.92 Å². The zero-order valence-corrected chi connectivity index (χ0v) is 10.2. The Kier molecular flexibility index (Phi) is 2.40. The van der Waals surface area contributed by atoms with E-state index in [-0.39, 0.29) is 17.7 Å². The quantitative estimate of drug-likeness (QED) is 0.782. The zero-order chi connectivity index (χ0) is 12.0. The maximum Gasteiger partial charge on any atom is 0.346 e. The predicted octanol–water partition coefficient (Wildman–Crippen LogP) is 1.13. The van der Waals surface area contributed by atoms with Crippen LogP contribution in [0.1, 0.15) is 32.6 Å². The van der Waals surface area contributed by atoms with E-state index in [2.05, 4.69) is 4.99 Å². The fourth-order valence-corrected chi connectivity index (χ4v) is 2.94. The van der Waals surface area contributed by atoms with Crippen LogP contribution >= 0.6 is 0 Å². The number of hydrogen-bond donors (Lipinski definition) is 1. The van der Waals surface area contributed by atoms with Crippen molar-refractivity contribution in [3.05, 3.63) is 0 Å². The number of carbonyl (C=O) groups excluding carboxylic acids is 1. The fraction of sp³-hybridized carbons (Fsp3) is 0.833. The fourth-order valence-electron chi connectivity index (χ4n) is 2.94. The normalized spacial score (nSPS) is 37.7. The van der Waals surface area contributed by atoms with Gasteiger partial charge in [-0.3, -0.25) is 0 Å². The van der Waals surface area contributed by atoms with Crippen molar-refractivity contribution >= 4 is 11.9 Å². The van der Waals surface area contributed by atoms with Gasteiger partial charge >= 0.3 is 6.03 Å². The summed E-state index contributed by atoms with van der Waals surface area (Å²) in [6.45, 7) is 3.51. The maximum atomic E-state index is 11.9. The van der Waals surface area contributed by atoms with E-state index in [0.717, 1.165) is 19.4 Å². The molecule has 17 heavy (non-hydrogen) atoms. The summed E-state index contributed by atoms with van der Waals surface area (Å²) >= 11 is 0. The number of carbonyl (C=O) groups is 1. The van der Waals surface area contributed by atoms with Crippen molar-refractivity contribution in [1.29, 1.82) is 0 Å². The van der Waals surface area contributed by atoms with Gasteiger partial charge in [0.1, 0.15) is 11.4 Å². The minimum Gasteiger partial charge on any atom is -0.385 e. The second kappa shape index (κ2) is 3.70. The predicted molar refractivity (Wildman–Crippen MR) is 63.8 cm³/mol. The average molecular weight is 237 g/mol. The molecule has 2 aliphatic heterocycles. The molecule has 0 bridgehead atoms. The zero-order valence-electron chi connectivity index (χ0n) is 10.2. The molecule has 5 heteroatoms. The second-order valence-electron chi connectivity index (χ2n) is 5.50. The van der Waals surface area contributed by atoms with E-state index in [0.29, 0.717) is 18.4 Å². The number of rotatable bonds is 2.